The van der Waals surface area contributed by atoms with Gasteiger partial charge >= 0.3 is 6.01 Å². The summed E-state index contributed by atoms with van der Waals surface area (Å²) < 4.78 is 16.8. The Labute approximate surface area is 198 Å². The molecule has 0 unspecified atom stereocenters. The first-order chi connectivity index (χ1) is 16.7. The lowest BCUT2D eigenvalue weighted by atomic mass is 10.1. The Morgan fingerprint density at radius 1 is 1.06 bits per heavy atom. The predicted molar refractivity (Wildman–Crippen MR) is 128 cm³/mol. The fourth-order valence-electron chi connectivity index (χ4n) is 4.15. The highest BCUT2D eigenvalue weighted by atomic mass is 16.5. The van der Waals surface area contributed by atoms with Crippen LogP contribution >= 0.6 is 0 Å². The van der Waals surface area contributed by atoms with Gasteiger partial charge < -0.3 is 24.0 Å². The minimum absolute atomic E-state index is 0.168. The molecule has 2 fully saturated rings. The number of amides is 1. The Bertz CT molecular complexity index is 1050. The summed E-state index contributed by atoms with van der Waals surface area (Å²) in [5, 5.41) is 4.41. The normalized spacial score (nSPS) is 20.0. The summed E-state index contributed by atoms with van der Waals surface area (Å²) in [7, 11) is 1.74. The summed E-state index contributed by atoms with van der Waals surface area (Å²) in [4.78, 5) is 27.8. The van der Waals surface area contributed by atoms with E-state index >= 15 is 0 Å². The monoisotopic (exact) mass is 467 g/mol. The topological polar surface area (TPSA) is 105 Å². The zero-order valence-corrected chi connectivity index (χ0v) is 19.3. The van der Waals surface area contributed by atoms with Crippen molar-refractivity contribution in [1.82, 2.24) is 14.9 Å². The number of benzene rings is 1. The minimum Gasteiger partial charge on any atom is -0.462 e. The molecule has 1 N–H and O–H groups in total. The van der Waals surface area contributed by atoms with Gasteiger partial charge in [-0.1, -0.05) is 18.2 Å². The second-order valence-electron chi connectivity index (χ2n) is 8.25. The van der Waals surface area contributed by atoms with E-state index in [1.54, 1.807) is 11.9 Å². The SMILES string of the molecule is CN1C(=O)/C(=N/Nc2cc(N3CCOCC3)nc(OCCN3CCOCC3)n2)c2ccccc21. The average molecular weight is 468 g/mol. The van der Waals surface area contributed by atoms with E-state index in [1.807, 2.05) is 30.3 Å². The van der Waals surface area contributed by atoms with Gasteiger partial charge in [0.05, 0.1) is 32.1 Å². The zero-order chi connectivity index (χ0) is 23.3. The average Bonchev–Trinajstić information content (AvgIpc) is 3.13. The van der Waals surface area contributed by atoms with Gasteiger partial charge in [0.25, 0.3) is 5.91 Å². The number of para-hydroxylation sites is 1. The van der Waals surface area contributed by atoms with E-state index in [-0.39, 0.29) is 11.9 Å². The van der Waals surface area contributed by atoms with Crippen LogP contribution < -0.4 is 20.0 Å². The van der Waals surface area contributed by atoms with Crippen molar-refractivity contribution in [3.8, 4) is 6.01 Å². The third-order valence-corrected chi connectivity index (χ3v) is 6.08. The van der Waals surface area contributed by atoms with Gasteiger partial charge in [-0.05, 0) is 6.07 Å². The van der Waals surface area contributed by atoms with Gasteiger partial charge in [0.15, 0.2) is 11.5 Å². The van der Waals surface area contributed by atoms with Gasteiger partial charge in [-0.2, -0.15) is 15.1 Å². The Kier molecular flexibility index (Phi) is 6.84. The first-order valence-electron chi connectivity index (χ1n) is 11.5. The number of morpholine rings is 2. The molecule has 0 bridgehead atoms. The zero-order valence-electron chi connectivity index (χ0n) is 19.3. The molecule has 2 aromatic rings. The van der Waals surface area contributed by atoms with Crippen molar-refractivity contribution in [3.05, 3.63) is 35.9 Å². The minimum atomic E-state index is -0.168. The molecule has 0 saturated carbocycles. The van der Waals surface area contributed by atoms with Crippen LogP contribution in [0.3, 0.4) is 0 Å². The molecule has 0 aliphatic carbocycles. The van der Waals surface area contributed by atoms with Crippen LogP contribution in [-0.2, 0) is 14.3 Å². The van der Waals surface area contributed by atoms with Crippen LogP contribution in [0.25, 0.3) is 0 Å². The molecule has 3 aliphatic heterocycles. The van der Waals surface area contributed by atoms with Crippen molar-refractivity contribution >= 4 is 28.9 Å². The van der Waals surface area contributed by atoms with Crippen LogP contribution in [0, 0.1) is 0 Å². The fourth-order valence-corrected chi connectivity index (χ4v) is 4.15. The van der Waals surface area contributed by atoms with Gasteiger partial charge in [-0.25, -0.2) is 0 Å². The van der Waals surface area contributed by atoms with E-state index in [0.29, 0.717) is 31.4 Å². The van der Waals surface area contributed by atoms with Crippen molar-refractivity contribution < 1.29 is 19.0 Å². The number of carbonyl (C=O) groups excluding carboxylic acids is 1. The molecular formula is C23H29N7O4. The van der Waals surface area contributed by atoms with Crippen LogP contribution in [0.1, 0.15) is 5.56 Å². The lowest BCUT2D eigenvalue weighted by molar-refractivity contribution is -0.111. The summed E-state index contributed by atoms with van der Waals surface area (Å²) in [6.45, 7) is 7.26. The van der Waals surface area contributed by atoms with Crippen LogP contribution in [0.15, 0.2) is 35.4 Å². The maximum atomic E-state index is 12.7. The highest BCUT2D eigenvalue weighted by Gasteiger charge is 2.31. The number of carbonyl (C=O) groups is 1. The van der Waals surface area contributed by atoms with Crippen LogP contribution in [0.5, 0.6) is 6.01 Å². The van der Waals surface area contributed by atoms with Gasteiger partial charge in [0.1, 0.15) is 12.4 Å². The van der Waals surface area contributed by atoms with Crippen molar-refractivity contribution in [2.75, 3.05) is 88.0 Å². The van der Waals surface area contributed by atoms with E-state index in [2.05, 4.69) is 30.3 Å². The number of anilines is 3. The molecule has 4 heterocycles. The first kappa shape index (κ1) is 22.5. The third kappa shape index (κ3) is 4.96. The van der Waals surface area contributed by atoms with E-state index in [4.69, 9.17) is 14.2 Å². The fraction of sp³-hybridized carbons (Fsp3) is 0.478. The van der Waals surface area contributed by atoms with Crippen LogP contribution in [0.4, 0.5) is 17.3 Å². The number of hydrazone groups is 1. The standard InChI is InChI=1S/C23H29N7O4/c1-28-18-5-3-2-4-17(18)21(22(28)31)27-26-19-16-20(30-9-13-33-14-10-30)25-23(24-19)34-15-8-29-6-11-32-12-7-29/h2-5,16H,6-15H2,1H3,(H,24,25,26)/b27-21+. The summed E-state index contributed by atoms with van der Waals surface area (Å²) >= 11 is 0. The highest BCUT2D eigenvalue weighted by Crippen LogP contribution is 2.28. The molecule has 0 atom stereocenters. The van der Waals surface area contributed by atoms with Crippen molar-refractivity contribution in [1.29, 1.82) is 0 Å². The number of nitrogens with one attached hydrogen (secondary N) is 1. The van der Waals surface area contributed by atoms with Gasteiger partial charge in [-0.15, -0.1) is 0 Å². The molecule has 1 aromatic heterocycles. The molecule has 5 rings (SSSR count). The van der Waals surface area contributed by atoms with Crippen molar-refractivity contribution in [2.24, 2.45) is 5.10 Å². The smallest absolute Gasteiger partial charge is 0.320 e. The molecule has 3 aliphatic rings. The van der Waals surface area contributed by atoms with E-state index in [9.17, 15) is 4.79 Å². The second-order valence-corrected chi connectivity index (χ2v) is 8.25. The number of nitrogens with zero attached hydrogens (tertiary/aromatic N) is 6. The summed E-state index contributed by atoms with van der Waals surface area (Å²) in [5.41, 5.74) is 4.92. The lowest BCUT2D eigenvalue weighted by Gasteiger charge is -2.28. The largest absolute Gasteiger partial charge is 0.462 e. The molecule has 0 radical (unpaired) electrons. The van der Waals surface area contributed by atoms with Gasteiger partial charge in [0.2, 0.25) is 0 Å². The second kappa shape index (κ2) is 10.3. The molecule has 34 heavy (non-hydrogen) atoms. The molecule has 2 saturated heterocycles. The molecule has 0 spiro atoms. The van der Waals surface area contributed by atoms with Gasteiger partial charge in [0, 0.05) is 51.4 Å². The van der Waals surface area contributed by atoms with E-state index < -0.39 is 0 Å². The van der Waals surface area contributed by atoms with E-state index in [0.717, 1.165) is 63.0 Å². The van der Waals surface area contributed by atoms with Crippen LogP contribution in [0.2, 0.25) is 0 Å². The highest BCUT2D eigenvalue weighted by molar-refractivity contribution is 6.54. The Balaban J connectivity index is 1.34. The number of hydrogen-bond donors (Lipinski definition) is 1. The Morgan fingerprint density at radius 3 is 2.59 bits per heavy atom. The summed E-state index contributed by atoms with van der Waals surface area (Å²) in [5.74, 6) is 1.03. The molecule has 180 valence electrons. The quantitative estimate of drug-likeness (QED) is 0.593. The van der Waals surface area contributed by atoms with Gasteiger partial charge in [-0.3, -0.25) is 15.1 Å². The lowest BCUT2D eigenvalue weighted by Crippen LogP contribution is -2.39. The molecular weight excluding hydrogens is 438 g/mol. The molecule has 11 nitrogen and oxygen atoms in total. The molecule has 1 aromatic carbocycles. The number of hydrogen-bond acceptors (Lipinski definition) is 10. The maximum Gasteiger partial charge on any atom is 0.320 e. The summed E-state index contributed by atoms with van der Waals surface area (Å²) in [6.07, 6.45) is 0. The molecule has 1 amide bonds. The number of likely N-dealkylation sites (N-methyl/N-ethyl adjacent to an activating group) is 1. The molecule has 11 heteroatoms. The Morgan fingerprint density at radius 2 is 1.79 bits per heavy atom. The van der Waals surface area contributed by atoms with E-state index in [1.165, 1.54) is 0 Å². The first-order valence-corrected chi connectivity index (χ1v) is 11.5. The van der Waals surface area contributed by atoms with Crippen molar-refractivity contribution in [2.45, 2.75) is 0 Å². The Hall–Kier alpha value is -3.28. The number of aromatic nitrogens is 2. The number of rotatable bonds is 7. The predicted octanol–water partition coefficient (Wildman–Crippen LogP) is 0.817. The van der Waals surface area contributed by atoms with Crippen LogP contribution in [-0.4, -0.2) is 99.3 Å². The maximum absolute atomic E-state index is 12.7. The van der Waals surface area contributed by atoms with Crippen molar-refractivity contribution in [3.63, 3.8) is 0 Å². The number of ether oxygens (including phenoxy) is 3. The third-order valence-electron chi connectivity index (χ3n) is 6.08. The summed E-state index contributed by atoms with van der Waals surface area (Å²) in [6, 6.07) is 9.67. The number of fused-ring (bicyclic) bond motifs is 1.